The summed E-state index contributed by atoms with van der Waals surface area (Å²) < 4.78 is 2.22. The van der Waals surface area contributed by atoms with E-state index >= 15 is 0 Å². The van der Waals surface area contributed by atoms with Crippen molar-refractivity contribution in [2.24, 2.45) is 11.7 Å². The molecule has 100 valence electrons. The molecule has 0 saturated carbocycles. The SMILES string of the molecule is CC(C)N1CCC(CN)C1c1ccc(Br)c(Br)c1. The number of halogens is 2. The van der Waals surface area contributed by atoms with Gasteiger partial charge in [-0.1, -0.05) is 6.07 Å². The molecule has 2 N–H and O–H groups in total. The summed E-state index contributed by atoms with van der Waals surface area (Å²) in [6.45, 7) is 6.44. The number of nitrogens with two attached hydrogens (primary N) is 1. The van der Waals surface area contributed by atoms with Gasteiger partial charge in [0.2, 0.25) is 0 Å². The quantitative estimate of drug-likeness (QED) is 0.866. The lowest BCUT2D eigenvalue weighted by Crippen LogP contribution is -2.33. The number of hydrogen-bond donors (Lipinski definition) is 1. The molecule has 2 unspecified atom stereocenters. The fraction of sp³-hybridized carbons (Fsp3) is 0.571. The molecule has 0 radical (unpaired) electrons. The van der Waals surface area contributed by atoms with Crippen LogP contribution in [0.15, 0.2) is 27.1 Å². The molecule has 1 saturated heterocycles. The number of nitrogens with zero attached hydrogens (tertiary/aromatic N) is 1. The third-order valence-electron chi connectivity index (χ3n) is 3.81. The van der Waals surface area contributed by atoms with Crippen LogP contribution in [0, 0.1) is 5.92 Å². The smallest absolute Gasteiger partial charge is 0.0391 e. The van der Waals surface area contributed by atoms with Crippen molar-refractivity contribution in [1.82, 2.24) is 4.90 Å². The number of likely N-dealkylation sites (tertiary alicyclic amines) is 1. The van der Waals surface area contributed by atoms with Crippen molar-refractivity contribution in [3.8, 4) is 0 Å². The average molecular weight is 376 g/mol. The van der Waals surface area contributed by atoms with Crippen LogP contribution in [0.25, 0.3) is 0 Å². The van der Waals surface area contributed by atoms with Gasteiger partial charge in [-0.05, 0) is 88.8 Å². The maximum Gasteiger partial charge on any atom is 0.0391 e. The molecule has 4 heteroatoms. The van der Waals surface area contributed by atoms with Crippen LogP contribution in [0.2, 0.25) is 0 Å². The Morgan fingerprint density at radius 1 is 1.33 bits per heavy atom. The summed E-state index contributed by atoms with van der Waals surface area (Å²) in [5.74, 6) is 0.570. The lowest BCUT2D eigenvalue weighted by molar-refractivity contribution is 0.184. The summed E-state index contributed by atoms with van der Waals surface area (Å²) in [6, 6.07) is 7.57. The topological polar surface area (TPSA) is 29.3 Å². The van der Waals surface area contributed by atoms with E-state index in [1.807, 2.05) is 0 Å². The summed E-state index contributed by atoms with van der Waals surface area (Å²) in [4.78, 5) is 2.56. The molecular formula is C14H20Br2N2. The molecule has 2 rings (SSSR count). The van der Waals surface area contributed by atoms with Crippen molar-refractivity contribution >= 4 is 31.9 Å². The Hall–Kier alpha value is 0.1000. The Balaban J connectivity index is 2.34. The molecule has 1 aliphatic heterocycles. The number of rotatable bonds is 3. The van der Waals surface area contributed by atoms with E-state index in [-0.39, 0.29) is 0 Å². The van der Waals surface area contributed by atoms with Crippen molar-refractivity contribution in [3.63, 3.8) is 0 Å². The van der Waals surface area contributed by atoms with Gasteiger partial charge in [-0.25, -0.2) is 0 Å². The van der Waals surface area contributed by atoms with Gasteiger partial charge in [-0.2, -0.15) is 0 Å². The Morgan fingerprint density at radius 3 is 2.61 bits per heavy atom. The second-order valence-electron chi connectivity index (χ2n) is 5.23. The zero-order valence-corrected chi connectivity index (χ0v) is 14.0. The molecule has 1 fully saturated rings. The minimum Gasteiger partial charge on any atom is -0.330 e. The fourth-order valence-corrected chi connectivity index (χ4v) is 3.51. The number of hydrogen-bond acceptors (Lipinski definition) is 2. The van der Waals surface area contributed by atoms with Gasteiger partial charge in [0.25, 0.3) is 0 Å². The maximum atomic E-state index is 5.94. The first-order chi connectivity index (χ1) is 8.54. The molecule has 0 amide bonds. The molecule has 2 nitrogen and oxygen atoms in total. The third-order valence-corrected chi connectivity index (χ3v) is 5.69. The molecule has 1 aromatic carbocycles. The van der Waals surface area contributed by atoms with Gasteiger partial charge in [0.1, 0.15) is 0 Å². The molecule has 0 bridgehead atoms. The summed E-state index contributed by atoms with van der Waals surface area (Å²) >= 11 is 7.12. The highest BCUT2D eigenvalue weighted by atomic mass is 79.9. The summed E-state index contributed by atoms with van der Waals surface area (Å²) in [5.41, 5.74) is 7.31. The normalized spacial score (nSPS) is 25.0. The Kier molecular flexibility index (Phi) is 4.86. The summed E-state index contributed by atoms with van der Waals surface area (Å²) in [6.07, 6.45) is 1.20. The lowest BCUT2D eigenvalue weighted by Gasteiger charge is -2.31. The predicted octanol–water partition coefficient (Wildman–Crippen LogP) is 3.94. The van der Waals surface area contributed by atoms with Crippen LogP contribution < -0.4 is 5.73 Å². The summed E-state index contributed by atoms with van der Waals surface area (Å²) in [7, 11) is 0. The summed E-state index contributed by atoms with van der Waals surface area (Å²) in [5, 5.41) is 0. The van der Waals surface area contributed by atoms with Gasteiger partial charge in [-0.3, -0.25) is 4.90 Å². The second kappa shape index (κ2) is 6.04. The van der Waals surface area contributed by atoms with Gasteiger partial charge in [-0.15, -0.1) is 0 Å². The van der Waals surface area contributed by atoms with Crippen molar-refractivity contribution in [2.45, 2.75) is 32.4 Å². The second-order valence-corrected chi connectivity index (χ2v) is 6.94. The lowest BCUT2D eigenvalue weighted by atomic mass is 9.93. The van der Waals surface area contributed by atoms with Crippen molar-refractivity contribution in [3.05, 3.63) is 32.7 Å². The van der Waals surface area contributed by atoms with Crippen LogP contribution in [0.5, 0.6) is 0 Å². The van der Waals surface area contributed by atoms with E-state index in [1.165, 1.54) is 12.0 Å². The van der Waals surface area contributed by atoms with E-state index in [0.717, 1.165) is 22.0 Å². The minimum absolute atomic E-state index is 0.458. The Labute approximate surface area is 126 Å². The molecule has 1 aromatic rings. The fourth-order valence-electron chi connectivity index (χ4n) is 2.87. The molecule has 1 heterocycles. The molecule has 18 heavy (non-hydrogen) atoms. The maximum absolute atomic E-state index is 5.94. The first kappa shape index (κ1) is 14.5. The van der Waals surface area contributed by atoms with Gasteiger partial charge in [0.05, 0.1) is 0 Å². The minimum atomic E-state index is 0.458. The van der Waals surface area contributed by atoms with Gasteiger partial charge in [0.15, 0.2) is 0 Å². The van der Waals surface area contributed by atoms with Crippen LogP contribution >= 0.6 is 31.9 Å². The van der Waals surface area contributed by atoms with Crippen LogP contribution in [0.3, 0.4) is 0 Å². The molecule has 2 atom stereocenters. The van der Waals surface area contributed by atoms with Gasteiger partial charge >= 0.3 is 0 Å². The molecule has 0 spiro atoms. The van der Waals surface area contributed by atoms with Crippen molar-refractivity contribution in [1.29, 1.82) is 0 Å². The highest BCUT2D eigenvalue weighted by Crippen LogP contribution is 2.39. The highest BCUT2D eigenvalue weighted by Gasteiger charge is 2.35. The Bertz CT molecular complexity index is 420. The first-order valence-corrected chi connectivity index (χ1v) is 8.04. The largest absolute Gasteiger partial charge is 0.330 e. The van der Waals surface area contributed by atoms with Gasteiger partial charge < -0.3 is 5.73 Å². The van der Waals surface area contributed by atoms with Crippen LogP contribution in [-0.4, -0.2) is 24.0 Å². The zero-order chi connectivity index (χ0) is 13.3. The molecular weight excluding hydrogens is 356 g/mol. The van der Waals surface area contributed by atoms with Crippen LogP contribution in [-0.2, 0) is 0 Å². The highest BCUT2D eigenvalue weighted by molar-refractivity contribution is 9.13. The van der Waals surface area contributed by atoms with Crippen LogP contribution in [0.4, 0.5) is 0 Å². The van der Waals surface area contributed by atoms with Crippen molar-refractivity contribution < 1.29 is 0 Å². The van der Waals surface area contributed by atoms with Gasteiger partial charge in [0, 0.05) is 21.0 Å². The zero-order valence-electron chi connectivity index (χ0n) is 10.9. The predicted molar refractivity (Wildman–Crippen MR) is 83.6 cm³/mol. The van der Waals surface area contributed by atoms with E-state index in [0.29, 0.717) is 18.0 Å². The number of benzene rings is 1. The van der Waals surface area contributed by atoms with Crippen molar-refractivity contribution in [2.75, 3.05) is 13.1 Å². The van der Waals surface area contributed by atoms with E-state index < -0.39 is 0 Å². The standard InChI is InChI=1S/C14H20Br2N2/c1-9(2)18-6-5-11(8-17)14(18)10-3-4-12(15)13(16)7-10/h3-4,7,9,11,14H,5-6,8,17H2,1-2H3. The molecule has 0 aliphatic carbocycles. The van der Waals surface area contributed by atoms with E-state index in [9.17, 15) is 0 Å². The van der Waals surface area contributed by atoms with E-state index in [1.54, 1.807) is 0 Å². The van der Waals surface area contributed by atoms with Crippen LogP contribution in [0.1, 0.15) is 31.9 Å². The molecule has 1 aliphatic rings. The first-order valence-electron chi connectivity index (χ1n) is 6.45. The third kappa shape index (κ3) is 2.82. The van der Waals surface area contributed by atoms with E-state index in [2.05, 4.69) is 68.8 Å². The Morgan fingerprint density at radius 2 is 2.06 bits per heavy atom. The monoisotopic (exact) mass is 374 g/mol. The molecule has 0 aromatic heterocycles. The average Bonchev–Trinajstić information content (AvgIpc) is 2.76. The van der Waals surface area contributed by atoms with E-state index in [4.69, 9.17) is 5.73 Å².